The summed E-state index contributed by atoms with van der Waals surface area (Å²) in [5, 5.41) is 4.29. The largest absolute Gasteiger partial charge is 0.495 e. The van der Waals surface area contributed by atoms with E-state index in [4.69, 9.17) is 4.74 Å². The van der Waals surface area contributed by atoms with E-state index >= 15 is 0 Å². The molecule has 5 nitrogen and oxygen atoms in total. The molecule has 0 saturated carbocycles. The monoisotopic (exact) mass is 252 g/mol. The van der Waals surface area contributed by atoms with Crippen molar-refractivity contribution in [2.24, 2.45) is 0 Å². The van der Waals surface area contributed by atoms with Gasteiger partial charge in [0, 0.05) is 6.20 Å². The Kier molecular flexibility index (Phi) is 2.94. The molecule has 0 atom stereocenters. The van der Waals surface area contributed by atoms with Gasteiger partial charge in [-0.1, -0.05) is 6.07 Å². The summed E-state index contributed by atoms with van der Waals surface area (Å²) in [5.41, 5.74) is 1.76. The van der Waals surface area contributed by atoms with Crippen LogP contribution in [0.4, 0.5) is 0 Å². The SMILES string of the molecule is COc1ccc(-n2nccc2-c2ccccn2)nc1. The molecular formula is C14H12N4O. The van der Waals surface area contributed by atoms with E-state index in [-0.39, 0.29) is 0 Å². The number of rotatable bonds is 3. The van der Waals surface area contributed by atoms with Crippen LogP contribution >= 0.6 is 0 Å². The Bertz CT molecular complexity index is 661. The Hall–Kier alpha value is -2.69. The first-order valence-corrected chi connectivity index (χ1v) is 5.84. The van der Waals surface area contributed by atoms with Crippen LogP contribution < -0.4 is 4.74 Å². The van der Waals surface area contributed by atoms with E-state index in [0.717, 1.165) is 23.0 Å². The molecule has 0 unspecified atom stereocenters. The van der Waals surface area contributed by atoms with Gasteiger partial charge < -0.3 is 4.74 Å². The van der Waals surface area contributed by atoms with Crippen molar-refractivity contribution >= 4 is 0 Å². The van der Waals surface area contributed by atoms with Gasteiger partial charge in [-0.25, -0.2) is 9.67 Å². The van der Waals surface area contributed by atoms with Gasteiger partial charge in [-0.2, -0.15) is 5.10 Å². The number of aromatic nitrogens is 4. The topological polar surface area (TPSA) is 52.8 Å². The lowest BCUT2D eigenvalue weighted by molar-refractivity contribution is 0.412. The zero-order valence-corrected chi connectivity index (χ0v) is 10.4. The first-order valence-electron chi connectivity index (χ1n) is 5.84. The van der Waals surface area contributed by atoms with Crippen molar-refractivity contribution in [2.45, 2.75) is 0 Å². The molecule has 5 heteroatoms. The number of hydrogen-bond acceptors (Lipinski definition) is 4. The summed E-state index contributed by atoms with van der Waals surface area (Å²) < 4.78 is 6.85. The van der Waals surface area contributed by atoms with Crippen LogP contribution in [-0.2, 0) is 0 Å². The normalized spacial score (nSPS) is 10.4. The van der Waals surface area contributed by atoms with Gasteiger partial charge in [-0.3, -0.25) is 4.98 Å². The molecule has 0 aliphatic carbocycles. The summed E-state index contributed by atoms with van der Waals surface area (Å²) in [7, 11) is 1.61. The Balaban J connectivity index is 2.04. The number of nitrogens with zero attached hydrogens (tertiary/aromatic N) is 4. The van der Waals surface area contributed by atoms with E-state index in [0.29, 0.717) is 0 Å². The smallest absolute Gasteiger partial charge is 0.154 e. The van der Waals surface area contributed by atoms with E-state index in [1.165, 1.54) is 0 Å². The van der Waals surface area contributed by atoms with Crippen LogP contribution in [0.1, 0.15) is 0 Å². The van der Waals surface area contributed by atoms with Gasteiger partial charge in [-0.05, 0) is 30.3 Å². The van der Waals surface area contributed by atoms with E-state index in [1.807, 2.05) is 36.4 Å². The molecule has 0 radical (unpaired) electrons. The highest BCUT2D eigenvalue weighted by Gasteiger charge is 2.09. The lowest BCUT2D eigenvalue weighted by atomic mass is 10.2. The second-order valence-electron chi connectivity index (χ2n) is 3.90. The standard InChI is InChI=1S/C14H12N4O/c1-19-11-5-6-14(16-10-11)18-13(7-9-17-18)12-4-2-3-8-15-12/h2-10H,1H3. The van der Waals surface area contributed by atoms with E-state index < -0.39 is 0 Å². The molecule has 0 amide bonds. The van der Waals surface area contributed by atoms with Crippen LogP contribution in [0.5, 0.6) is 5.75 Å². The van der Waals surface area contributed by atoms with Gasteiger partial charge in [0.15, 0.2) is 5.82 Å². The molecular weight excluding hydrogens is 240 g/mol. The highest BCUT2D eigenvalue weighted by Crippen LogP contribution is 2.19. The van der Waals surface area contributed by atoms with Gasteiger partial charge in [-0.15, -0.1) is 0 Å². The Morgan fingerprint density at radius 2 is 1.95 bits per heavy atom. The predicted octanol–water partition coefficient (Wildman–Crippen LogP) is 2.34. The van der Waals surface area contributed by atoms with Crippen molar-refractivity contribution in [3.8, 4) is 23.0 Å². The Morgan fingerprint density at radius 3 is 2.63 bits per heavy atom. The van der Waals surface area contributed by atoms with Crippen molar-refractivity contribution in [1.82, 2.24) is 19.7 Å². The van der Waals surface area contributed by atoms with Gasteiger partial charge in [0.2, 0.25) is 0 Å². The molecule has 3 heterocycles. The quantitative estimate of drug-likeness (QED) is 0.718. The zero-order valence-electron chi connectivity index (χ0n) is 10.4. The predicted molar refractivity (Wildman–Crippen MR) is 71.1 cm³/mol. The van der Waals surface area contributed by atoms with Crippen molar-refractivity contribution in [2.75, 3.05) is 7.11 Å². The second-order valence-corrected chi connectivity index (χ2v) is 3.90. The lowest BCUT2D eigenvalue weighted by Gasteiger charge is -2.06. The van der Waals surface area contributed by atoms with Gasteiger partial charge in [0.1, 0.15) is 5.75 Å². The summed E-state index contributed by atoms with van der Waals surface area (Å²) in [6, 6.07) is 11.4. The average Bonchev–Trinajstić information content (AvgIpc) is 2.98. The third kappa shape index (κ3) is 2.18. The molecule has 3 rings (SSSR count). The van der Waals surface area contributed by atoms with Crippen LogP contribution in [-0.4, -0.2) is 26.9 Å². The van der Waals surface area contributed by atoms with Crippen LogP contribution in [0.25, 0.3) is 17.2 Å². The first-order chi connectivity index (χ1) is 9.38. The number of hydrogen-bond donors (Lipinski definition) is 0. The third-order valence-electron chi connectivity index (χ3n) is 2.74. The van der Waals surface area contributed by atoms with Crippen molar-refractivity contribution in [3.63, 3.8) is 0 Å². The summed E-state index contributed by atoms with van der Waals surface area (Å²) >= 11 is 0. The van der Waals surface area contributed by atoms with E-state index in [2.05, 4.69) is 15.1 Å². The fourth-order valence-electron chi connectivity index (χ4n) is 1.81. The molecule has 3 aromatic rings. The maximum Gasteiger partial charge on any atom is 0.154 e. The summed E-state index contributed by atoms with van der Waals surface area (Å²) in [6.45, 7) is 0. The minimum atomic E-state index is 0.718. The molecule has 3 aromatic heterocycles. The molecule has 94 valence electrons. The van der Waals surface area contributed by atoms with E-state index in [9.17, 15) is 0 Å². The maximum atomic E-state index is 5.10. The third-order valence-corrected chi connectivity index (χ3v) is 2.74. The molecule has 0 N–H and O–H groups in total. The highest BCUT2D eigenvalue weighted by molar-refractivity contribution is 5.56. The lowest BCUT2D eigenvalue weighted by Crippen LogP contribution is -2.02. The second kappa shape index (κ2) is 4.89. The van der Waals surface area contributed by atoms with E-state index in [1.54, 1.807) is 30.4 Å². The molecule has 0 spiro atoms. The average molecular weight is 252 g/mol. The summed E-state index contributed by atoms with van der Waals surface area (Å²) in [6.07, 6.45) is 5.16. The number of methoxy groups -OCH3 is 1. The number of pyridine rings is 2. The molecule has 0 saturated heterocycles. The van der Waals surface area contributed by atoms with Crippen LogP contribution in [0.3, 0.4) is 0 Å². The highest BCUT2D eigenvalue weighted by atomic mass is 16.5. The Labute approximate surface area is 110 Å². The number of ether oxygens (including phenoxy) is 1. The minimum absolute atomic E-state index is 0.718. The van der Waals surface area contributed by atoms with Gasteiger partial charge in [0.25, 0.3) is 0 Å². The molecule has 0 fully saturated rings. The maximum absolute atomic E-state index is 5.10. The first kappa shape index (κ1) is 11.4. The van der Waals surface area contributed by atoms with Gasteiger partial charge in [0.05, 0.1) is 30.9 Å². The van der Waals surface area contributed by atoms with Crippen LogP contribution in [0, 0.1) is 0 Å². The Morgan fingerprint density at radius 1 is 1.00 bits per heavy atom. The fraction of sp³-hybridized carbons (Fsp3) is 0.0714. The van der Waals surface area contributed by atoms with Crippen molar-refractivity contribution in [3.05, 3.63) is 55.0 Å². The summed E-state index contributed by atoms with van der Waals surface area (Å²) in [4.78, 5) is 8.65. The fourth-order valence-corrected chi connectivity index (χ4v) is 1.81. The summed E-state index contributed by atoms with van der Waals surface area (Å²) in [5.74, 6) is 1.45. The van der Waals surface area contributed by atoms with Gasteiger partial charge >= 0.3 is 0 Å². The van der Waals surface area contributed by atoms with Crippen LogP contribution in [0.2, 0.25) is 0 Å². The van der Waals surface area contributed by atoms with Crippen molar-refractivity contribution < 1.29 is 4.74 Å². The molecule has 0 bridgehead atoms. The molecule has 0 aromatic carbocycles. The molecule has 19 heavy (non-hydrogen) atoms. The van der Waals surface area contributed by atoms with Crippen molar-refractivity contribution in [1.29, 1.82) is 0 Å². The van der Waals surface area contributed by atoms with Crippen LogP contribution in [0.15, 0.2) is 55.0 Å². The zero-order chi connectivity index (χ0) is 13.1. The molecule has 0 aliphatic heterocycles. The minimum Gasteiger partial charge on any atom is -0.495 e. The molecule has 0 aliphatic rings.